The van der Waals surface area contributed by atoms with Crippen molar-refractivity contribution >= 4 is 116 Å². The van der Waals surface area contributed by atoms with E-state index in [4.69, 9.17) is 0 Å². The highest BCUT2D eigenvalue weighted by atomic mass is 16.2. The average molecular weight is 1670 g/mol. The van der Waals surface area contributed by atoms with E-state index in [2.05, 4.69) is 26.6 Å². The summed E-state index contributed by atoms with van der Waals surface area (Å²) in [5.74, 6) is -2.54. The lowest BCUT2D eigenvalue weighted by Gasteiger charge is -2.24. The number of carbonyl (C=O) groups excluding carboxylic acids is 15. The highest BCUT2D eigenvalue weighted by Crippen LogP contribution is 2.39. The van der Waals surface area contributed by atoms with E-state index >= 15 is 0 Å². The Morgan fingerprint density at radius 3 is 0.864 bits per heavy atom. The SMILES string of the molecule is CCC(C)(C)C(=O)Nc1ccc(Cc2cccc3c2C(=O)c2ccccc2C3=O)cc1.CCC(C)(C)C(=O)Nc1ccc2c(c1)C(=O)c1ccccc1C2=O.CCC(C)(C)C(=O)Nc1cccc2c1C(=O)c1ccccc1C2=O.CCC(C)C(=O)Nc1ccc2c(c1)C(=O)c1ccccc1C2=O.CCC(C)C(=O)Nc1cccc2c1C(=O)c1ccccc1C2=O. The van der Waals surface area contributed by atoms with Gasteiger partial charge in [0.2, 0.25) is 29.5 Å². The molecule has 5 aliphatic rings. The van der Waals surface area contributed by atoms with Crippen LogP contribution in [0.15, 0.2) is 237 Å². The molecule has 20 heteroatoms. The van der Waals surface area contributed by atoms with E-state index in [0.717, 1.165) is 29.7 Å². The van der Waals surface area contributed by atoms with Gasteiger partial charge in [0.25, 0.3) is 0 Å². The fourth-order valence-electron chi connectivity index (χ4n) is 14.4. The van der Waals surface area contributed by atoms with Crippen molar-refractivity contribution in [1.29, 1.82) is 0 Å². The summed E-state index contributed by atoms with van der Waals surface area (Å²) < 4.78 is 0. The zero-order valence-electron chi connectivity index (χ0n) is 72.0. The van der Waals surface area contributed by atoms with Crippen molar-refractivity contribution in [2.45, 2.75) is 129 Å². The Bertz CT molecular complexity index is 6280. The summed E-state index contributed by atoms with van der Waals surface area (Å²) in [4.78, 5) is 189. The van der Waals surface area contributed by atoms with Crippen molar-refractivity contribution in [1.82, 2.24) is 0 Å². The molecule has 0 aliphatic heterocycles. The van der Waals surface area contributed by atoms with Gasteiger partial charge >= 0.3 is 0 Å². The first kappa shape index (κ1) is 89.7. The van der Waals surface area contributed by atoms with Crippen LogP contribution in [-0.4, -0.2) is 87.4 Å². The summed E-state index contributed by atoms with van der Waals surface area (Å²) in [7, 11) is 0. The van der Waals surface area contributed by atoms with Crippen LogP contribution in [0.4, 0.5) is 28.4 Å². The summed E-state index contributed by atoms with van der Waals surface area (Å²) in [5.41, 5.74) is 10.8. The number of hydrogen-bond donors (Lipinski definition) is 5. The lowest BCUT2D eigenvalue weighted by Crippen LogP contribution is -2.31. The molecule has 5 N–H and O–H groups in total. The fraction of sp³-hybridized carbons (Fsp3) is 0.229. The van der Waals surface area contributed by atoms with E-state index < -0.39 is 16.2 Å². The van der Waals surface area contributed by atoms with Crippen LogP contribution in [0.5, 0.6) is 0 Å². The number of ketones is 10. The Balaban J connectivity index is 0.000000143. The third-order valence-corrected chi connectivity index (χ3v) is 24.0. The maximum Gasteiger partial charge on any atom is 0.230 e. The highest BCUT2D eigenvalue weighted by Gasteiger charge is 2.38. The second-order valence-electron chi connectivity index (χ2n) is 33.4. The zero-order valence-corrected chi connectivity index (χ0v) is 72.0. The summed E-state index contributed by atoms with van der Waals surface area (Å²) in [6.45, 7) is 24.7. The van der Waals surface area contributed by atoms with Gasteiger partial charge in [0.1, 0.15) is 0 Å². The van der Waals surface area contributed by atoms with E-state index in [9.17, 15) is 71.9 Å². The number of amides is 5. The molecule has 0 aromatic heterocycles. The molecule has 2 unspecified atom stereocenters. The number of benzene rings is 11. The lowest BCUT2D eigenvalue weighted by atomic mass is 9.81. The third kappa shape index (κ3) is 18.5. The van der Waals surface area contributed by atoms with Gasteiger partial charge in [-0.3, -0.25) is 71.9 Å². The van der Waals surface area contributed by atoms with Crippen molar-refractivity contribution in [3.8, 4) is 0 Å². The number of carbonyl (C=O) groups is 15. The lowest BCUT2D eigenvalue weighted by molar-refractivity contribution is -0.124. The van der Waals surface area contributed by atoms with Crippen LogP contribution in [-0.2, 0) is 30.4 Å². The van der Waals surface area contributed by atoms with E-state index in [1.165, 1.54) is 0 Å². The zero-order chi connectivity index (χ0) is 90.3. The first-order chi connectivity index (χ1) is 59.6. The largest absolute Gasteiger partial charge is 0.326 e. The van der Waals surface area contributed by atoms with Crippen LogP contribution in [0.2, 0.25) is 0 Å². The molecule has 0 saturated carbocycles. The normalized spacial score (nSPS) is 13.4. The van der Waals surface area contributed by atoms with Gasteiger partial charge in [-0.15, -0.1) is 0 Å². The van der Waals surface area contributed by atoms with Crippen LogP contribution in [0.3, 0.4) is 0 Å². The van der Waals surface area contributed by atoms with Gasteiger partial charge in [-0.05, 0) is 110 Å². The van der Waals surface area contributed by atoms with Crippen molar-refractivity contribution in [2.75, 3.05) is 26.6 Å². The Hall–Kier alpha value is -14.5. The molecule has 0 radical (unpaired) electrons. The number of fused-ring (bicyclic) bond motifs is 10. The highest BCUT2D eigenvalue weighted by molar-refractivity contribution is 6.34. The summed E-state index contributed by atoms with van der Waals surface area (Å²) >= 11 is 0. The van der Waals surface area contributed by atoms with Gasteiger partial charge in [0.05, 0.1) is 22.5 Å². The molecule has 11 aromatic rings. The van der Waals surface area contributed by atoms with Gasteiger partial charge in [-0.1, -0.05) is 266 Å². The molecular formula is C105H97N5O15. The minimum Gasteiger partial charge on any atom is -0.326 e. The van der Waals surface area contributed by atoms with Crippen LogP contribution in [0, 0.1) is 28.1 Å². The van der Waals surface area contributed by atoms with E-state index in [0.29, 0.717) is 149 Å². The molecule has 11 aromatic carbocycles. The van der Waals surface area contributed by atoms with Crippen LogP contribution in [0.1, 0.15) is 292 Å². The fourth-order valence-corrected chi connectivity index (χ4v) is 14.4. The molecule has 5 amide bonds. The maximum absolute atomic E-state index is 13.2. The van der Waals surface area contributed by atoms with Gasteiger partial charge < -0.3 is 26.6 Å². The monoisotopic (exact) mass is 1670 g/mol. The summed E-state index contributed by atoms with van der Waals surface area (Å²) in [6.07, 6.45) is 4.10. The molecule has 125 heavy (non-hydrogen) atoms. The van der Waals surface area contributed by atoms with Crippen molar-refractivity contribution in [3.63, 3.8) is 0 Å². The average Bonchev–Trinajstić information content (AvgIpc) is 0.416. The van der Waals surface area contributed by atoms with Crippen molar-refractivity contribution in [2.24, 2.45) is 28.1 Å². The summed E-state index contributed by atoms with van der Waals surface area (Å²) in [6, 6.07) is 66.9. The van der Waals surface area contributed by atoms with E-state index in [1.807, 2.05) is 126 Å². The molecule has 16 rings (SSSR count). The predicted molar refractivity (Wildman–Crippen MR) is 482 cm³/mol. The standard InChI is InChI=1S/C27H25NO3.2C20H19NO3.2C19H17NO3/c1-4-27(2,3)26(31)28-19-14-12-17(13-15-19)16-18-8-7-11-22-23(18)25(30)21-10-6-5-9-20(21)24(22)29;1-4-20(2,3)19(24)21-15-11-7-10-14-16(15)18(23)13-9-6-5-8-12(13)17(14)22;1-4-20(2,3)19(24)21-12-9-10-15-16(11-12)18(23)14-8-6-5-7-13(14)17(15)22;1-3-11(2)19(23)20-15-10-6-9-14-16(15)18(22)13-8-5-4-7-12(13)17(14)21;1-3-11(2)19(23)20-12-8-9-15-16(10-12)18(22)14-7-5-4-6-13(14)17(15)21/h5-15H,4,16H2,1-3H3,(H,28,31);2*5-11H,4H2,1-3H3,(H,21,24);2*4-11H,3H2,1-2H3,(H,20,23). The van der Waals surface area contributed by atoms with Crippen molar-refractivity contribution in [3.05, 3.63) is 359 Å². The van der Waals surface area contributed by atoms with Gasteiger partial charge in [0.15, 0.2) is 57.8 Å². The summed E-state index contributed by atoms with van der Waals surface area (Å²) in [5, 5.41) is 14.2. The molecule has 5 aliphatic carbocycles. The second kappa shape index (κ2) is 37.4. The van der Waals surface area contributed by atoms with Gasteiger partial charge in [-0.25, -0.2) is 0 Å². The van der Waals surface area contributed by atoms with E-state index in [-0.39, 0.29) is 110 Å². The Kier molecular flexibility index (Phi) is 26.9. The Labute approximate surface area is 725 Å². The molecule has 20 nitrogen and oxygen atoms in total. The van der Waals surface area contributed by atoms with Gasteiger partial charge in [0, 0.05) is 145 Å². The van der Waals surface area contributed by atoms with Crippen LogP contribution >= 0.6 is 0 Å². The van der Waals surface area contributed by atoms with Crippen LogP contribution in [0.25, 0.3) is 0 Å². The smallest absolute Gasteiger partial charge is 0.230 e. The predicted octanol–water partition coefficient (Wildman–Crippen LogP) is 20.0. The molecular weight excluding hydrogens is 1570 g/mol. The van der Waals surface area contributed by atoms with Crippen LogP contribution < -0.4 is 26.6 Å². The second-order valence-corrected chi connectivity index (χ2v) is 33.4. The topological polar surface area (TPSA) is 316 Å². The minimum atomic E-state index is -0.553. The molecule has 632 valence electrons. The van der Waals surface area contributed by atoms with Gasteiger partial charge in [-0.2, -0.15) is 0 Å². The molecule has 0 spiro atoms. The maximum atomic E-state index is 13.2. The number of hydrogen-bond acceptors (Lipinski definition) is 15. The third-order valence-electron chi connectivity index (χ3n) is 24.0. The number of nitrogens with one attached hydrogen (secondary N) is 5. The first-order valence-electron chi connectivity index (χ1n) is 41.8. The molecule has 0 fully saturated rings. The molecule has 2 atom stereocenters. The molecule has 0 heterocycles. The number of rotatable bonds is 17. The first-order valence-corrected chi connectivity index (χ1v) is 41.8. The molecule has 0 bridgehead atoms. The van der Waals surface area contributed by atoms with Crippen molar-refractivity contribution < 1.29 is 71.9 Å². The molecule has 0 saturated heterocycles. The number of anilines is 5. The quantitative estimate of drug-likeness (QED) is 0.0566. The minimum absolute atomic E-state index is 0.0114. The Morgan fingerprint density at radius 2 is 0.512 bits per heavy atom. The Morgan fingerprint density at radius 1 is 0.256 bits per heavy atom. The van der Waals surface area contributed by atoms with E-state index in [1.54, 1.807) is 200 Å².